The molecule has 0 aliphatic rings. The lowest BCUT2D eigenvalue weighted by Crippen LogP contribution is -2.18. The molecule has 0 fully saturated rings. The number of esters is 1. The third-order valence-corrected chi connectivity index (χ3v) is 4.27. The molecule has 5 nitrogen and oxygen atoms in total. The van der Waals surface area contributed by atoms with Crippen molar-refractivity contribution in [3.05, 3.63) is 54.0 Å². The summed E-state index contributed by atoms with van der Waals surface area (Å²) in [6.07, 6.45) is 2.88. The summed E-state index contributed by atoms with van der Waals surface area (Å²) < 4.78 is 33.7. The molecule has 20 heavy (non-hydrogen) atoms. The van der Waals surface area contributed by atoms with Crippen LogP contribution < -0.4 is 0 Å². The highest BCUT2D eigenvalue weighted by Gasteiger charge is 2.20. The average Bonchev–Trinajstić information content (AvgIpc) is 2.89. The van der Waals surface area contributed by atoms with Gasteiger partial charge in [-0.05, 0) is 25.1 Å². The summed E-state index contributed by atoms with van der Waals surface area (Å²) in [4.78, 5) is 11.7. The predicted octanol–water partition coefficient (Wildman–Crippen LogP) is 2.11. The van der Waals surface area contributed by atoms with Crippen LogP contribution in [-0.2, 0) is 26.0 Å². The Kier molecular flexibility index (Phi) is 4.24. The molecule has 0 aliphatic carbocycles. The third-order valence-electron chi connectivity index (χ3n) is 2.67. The Morgan fingerprint density at radius 1 is 1.20 bits per heavy atom. The molecule has 0 amide bonds. The molecule has 0 atom stereocenters. The summed E-state index contributed by atoms with van der Waals surface area (Å²) in [6, 6.07) is 7.97. The Morgan fingerprint density at radius 2 is 1.90 bits per heavy atom. The number of hydrogen-bond acceptors (Lipinski definition) is 5. The van der Waals surface area contributed by atoms with E-state index in [0.717, 1.165) is 5.56 Å². The molecular weight excluding hydrogens is 280 g/mol. The van der Waals surface area contributed by atoms with E-state index in [4.69, 9.17) is 9.15 Å². The zero-order valence-corrected chi connectivity index (χ0v) is 11.7. The molecule has 0 unspecified atom stereocenters. The Bertz CT molecular complexity index is 669. The number of rotatable bonds is 5. The van der Waals surface area contributed by atoms with E-state index < -0.39 is 21.6 Å². The van der Waals surface area contributed by atoms with Crippen molar-refractivity contribution in [2.45, 2.75) is 18.4 Å². The summed E-state index contributed by atoms with van der Waals surface area (Å²) in [6.45, 7) is 1.86. The number of ether oxygens (including phenoxy) is 1. The van der Waals surface area contributed by atoms with E-state index in [1.165, 1.54) is 24.7 Å². The number of benzene rings is 1. The van der Waals surface area contributed by atoms with Crippen molar-refractivity contribution in [2.75, 3.05) is 5.75 Å². The minimum atomic E-state index is -3.67. The molecule has 0 saturated heterocycles. The summed E-state index contributed by atoms with van der Waals surface area (Å²) in [5, 5.41) is 0. The molecular formula is C14H14O5S. The van der Waals surface area contributed by atoms with Gasteiger partial charge in [0.2, 0.25) is 0 Å². The first-order chi connectivity index (χ1) is 9.47. The second-order valence-electron chi connectivity index (χ2n) is 4.36. The number of aryl methyl sites for hydroxylation is 1. The van der Waals surface area contributed by atoms with E-state index in [1.54, 1.807) is 18.2 Å². The third kappa shape index (κ3) is 3.71. The van der Waals surface area contributed by atoms with Crippen LogP contribution in [0.15, 0.2) is 52.2 Å². The molecule has 2 rings (SSSR count). The van der Waals surface area contributed by atoms with Crippen LogP contribution in [-0.4, -0.2) is 20.1 Å². The summed E-state index contributed by atoms with van der Waals surface area (Å²) in [5.41, 5.74) is 1.62. The molecule has 0 radical (unpaired) electrons. The zero-order chi connectivity index (χ0) is 14.6. The van der Waals surface area contributed by atoms with E-state index >= 15 is 0 Å². The van der Waals surface area contributed by atoms with Crippen LogP contribution in [0.2, 0.25) is 0 Å². The minimum absolute atomic E-state index is 0.00124. The Morgan fingerprint density at radius 3 is 2.50 bits per heavy atom. The molecule has 0 N–H and O–H groups in total. The van der Waals surface area contributed by atoms with Gasteiger partial charge in [0.05, 0.1) is 17.4 Å². The second kappa shape index (κ2) is 5.92. The monoisotopic (exact) mass is 294 g/mol. The van der Waals surface area contributed by atoms with Gasteiger partial charge in [0.25, 0.3) is 0 Å². The normalized spacial score (nSPS) is 11.2. The van der Waals surface area contributed by atoms with E-state index in [2.05, 4.69) is 0 Å². The molecule has 1 heterocycles. The Hall–Kier alpha value is -2.08. The first kappa shape index (κ1) is 14.3. The molecule has 1 aromatic carbocycles. The molecule has 0 aliphatic heterocycles. The molecule has 106 valence electrons. The molecule has 0 bridgehead atoms. The molecule has 2 aromatic rings. The van der Waals surface area contributed by atoms with Crippen LogP contribution >= 0.6 is 0 Å². The van der Waals surface area contributed by atoms with E-state index in [-0.39, 0.29) is 11.5 Å². The predicted molar refractivity (Wildman–Crippen MR) is 71.7 cm³/mol. The van der Waals surface area contributed by atoms with Crippen LogP contribution in [0.5, 0.6) is 0 Å². The highest BCUT2D eigenvalue weighted by atomic mass is 32.2. The fraction of sp³-hybridized carbons (Fsp3) is 0.214. The largest absolute Gasteiger partial charge is 0.472 e. The van der Waals surface area contributed by atoms with E-state index in [9.17, 15) is 13.2 Å². The molecule has 0 saturated carbocycles. The van der Waals surface area contributed by atoms with Gasteiger partial charge in [-0.3, -0.25) is 4.79 Å². The first-order valence-electron chi connectivity index (χ1n) is 5.93. The van der Waals surface area contributed by atoms with E-state index in [1.807, 2.05) is 6.92 Å². The number of carbonyl (C=O) groups excluding carboxylic acids is 1. The first-order valence-corrected chi connectivity index (χ1v) is 7.59. The lowest BCUT2D eigenvalue weighted by molar-refractivity contribution is -0.141. The van der Waals surface area contributed by atoms with Crippen molar-refractivity contribution < 1.29 is 22.4 Å². The maximum absolute atomic E-state index is 12.0. The summed E-state index contributed by atoms with van der Waals surface area (Å²) >= 11 is 0. The Balaban J connectivity index is 1.97. The number of sulfone groups is 1. The van der Waals surface area contributed by atoms with Gasteiger partial charge < -0.3 is 9.15 Å². The van der Waals surface area contributed by atoms with Gasteiger partial charge >= 0.3 is 5.97 Å². The second-order valence-corrected chi connectivity index (χ2v) is 6.35. The van der Waals surface area contributed by atoms with Crippen molar-refractivity contribution in [3.8, 4) is 0 Å². The van der Waals surface area contributed by atoms with Gasteiger partial charge in [-0.1, -0.05) is 17.7 Å². The van der Waals surface area contributed by atoms with Crippen LogP contribution in [0, 0.1) is 6.92 Å². The molecule has 0 spiro atoms. The lowest BCUT2D eigenvalue weighted by Gasteiger charge is -2.05. The fourth-order valence-electron chi connectivity index (χ4n) is 1.56. The highest BCUT2D eigenvalue weighted by molar-refractivity contribution is 7.92. The summed E-state index contributed by atoms with van der Waals surface area (Å²) in [7, 11) is -3.67. The van der Waals surface area contributed by atoms with Gasteiger partial charge in [-0.2, -0.15) is 0 Å². The smallest absolute Gasteiger partial charge is 0.321 e. The lowest BCUT2D eigenvalue weighted by atomic mass is 10.2. The van der Waals surface area contributed by atoms with Crippen molar-refractivity contribution >= 4 is 15.8 Å². The van der Waals surface area contributed by atoms with Crippen molar-refractivity contribution in [1.82, 2.24) is 0 Å². The topological polar surface area (TPSA) is 73.6 Å². The van der Waals surface area contributed by atoms with Crippen LogP contribution in [0.4, 0.5) is 0 Å². The van der Waals surface area contributed by atoms with Gasteiger partial charge in [-0.25, -0.2) is 8.42 Å². The fourth-order valence-corrected chi connectivity index (χ4v) is 2.68. The minimum Gasteiger partial charge on any atom is -0.472 e. The zero-order valence-electron chi connectivity index (χ0n) is 10.9. The van der Waals surface area contributed by atoms with Crippen LogP contribution in [0.1, 0.15) is 11.1 Å². The standard InChI is InChI=1S/C14H14O5S/c1-11-2-4-13(5-3-11)20(16,17)10-14(15)19-9-12-6-7-18-8-12/h2-8H,9-10H2,1H3. The molecule has 1 aromatic heterocycles. The maximum Gasteiger partial charge on any atom is 0.321 e. The van der Waals surface area contributed by atoms with Gasteiger partial charge in [0, 0.05) is 5.56 Å². The SMILES string of the molecule is Cc1ccc(S(=O)(=O)CC(=O)OCc2ccoc2)cc1. The van der Waals surface area contributed by atoms with E-state index in [0.29, 0.717) is 5.56 Å². The number of furan rings is 1. The van der Waals surface area contributed by atoms with Gasteiger partial charge in [0.1, 0.15) is 6.61 Å². The average molecular weight is 294 g/mol. The number of hydrogen-bond donors (Lipinski definition) is 0. The molecule has 6 heteroatoms. The highest BCUT2D eigenvalue weighted by Crippen LogP contribution is 2.13. The van der Waals surface area contributed by atoms with Crippen molar-refractivity contribution in [2.24, 2.45) is 0 Å². The van der Waals surface area contributed by atoms with Crippen LogP contribution in [0.3, 0.4) is 0 Å². The van der Waals surface area contributed by atoms with Gasteiger partial charge in [-0.15, -0.1) is 0 Å². The quantitative estimate of drug-likeness (QED) is 0.790. The van der Waals surface area contributed by atoms with Crippen molar-refractivity contribution in [1.29, 1.82) is 0 Å². The maximum atomic E-state index is 12.0. The Labute approximate surface area is 117 Å². The van der Waals surface area contributed by atoms with Gasteiger partial charge in [0.15, 0.2) is 15.6 Å². The summed E-state index contributed by atoms with van der Waals surface area (Å²) in [5.74, 6) is -1.46. The van der Waals surface area contributed by atoms with Crippen LogP contribution in [0.25, 0.3) is 0 Å². The van der Waals surface area contributed by atoms with Crippen molar-refractivity contribution in [3.63, 3.8) is 0 Å². The number of carbonyl (C=O) groups is 1.